The zero-order valence-corrected chi connectivity index (χ0v) is 14.2. The fourth-order valence-electron chi connectivity index (χ4n) is 1.77. The van der Waals surface area contributed by atoms with Gasteiger partial charge in [-0.25, -0.2) is 14.0 Å². The molecule has 0 aliphatic rings. The van der Waals surface area contributed by atoms with Crippen molar-refractivity contribution < 1.29 is 23.5 Å². The Bertz CT molecular complexity index is 594. The molecule has 1 aromatic carbocycles. The van der Waals surface area contributed by atoms with Crippen LogP contribution >= 0.6 is 0 Å². The Hall–Kier alpha value is -2.31. The summed E-state index contributed by atoms with van der Waals surface area (Å²) in [5.41, 5.74) is -1.32. The molecule has 128 valence electrons. The number of nitrogens with one attached hydrogen (secondary N) is 2. The molecule has 0 spiro atoms. The van der Waals surface area contributed by atoms with Gasteiger partial charge in [0.15, 0.2) is 0 Å². The van der Waals surface area contributed by atoms with Crippen molar-refractivity contribution >= 4 is 23.4 Å². The zero-order chi connectivity index (χ0) is 17.8. The molecule has 0 fully saturated rings. The molecule has 23 heavy (non-hydrogen) atoms. The van der Waals surface area contributed by atoms with E-state index in [4.69, 9.17) is 4.74 Å². The summed E-state index contributed by atoms with van der Waals surface area (Å²) in [6.45, 7) is 8.37. The molecule has 1 rings (SSSR count). The lowest BCUT2D eigenvalue weighted by molar-refractivity contribution is -0.144. The predicted octanol–water partition coefficient (Wildman–Crippen LogP) is 3.54. The topological polar surface area (TPSA) is 76.7 Å². The molecule has 0 radical (unpaired) electrons. The van der Waals surface area contributed by atoms with E-state index in [2.05, 4.69) is 15.4 Å². The molecular formula is C16H23FN2O4. The van der Waals surface area contributed by atoms with Gasteiger partial charge in [-0.05, 0) is 52.8 Å². The number of ether oxygens (including phenoxy) is 2. The lowest BCUT2D eigenvalue weighted by Gasteiger charge is -2.24. The summed E-state index contributed by atoms with van der Waals surface area (Å²) in [5, 5.41) is 5.21. The number of carbonyl (C=O) groups excluding carboxylic acids is 2. The number of rotatable bonds is 4. The zero-order valence-electron chi connectivity index (χ0n) is 14.2. The summed E-state index contributed by atoms with van der Waals surface area (Å²) in [7, 11) is 1.28. The van der Waals surface area contributed by atoms with Crippen molar-refractivity contribution in [2.45, 2.75) is 45.8 Å². The fourth-order valence-corrected chi connectivity index (χ4v) is 1.77. The normalized spacial score (nSPS) is 11.6. The van der Waals surface area contributed by atoms with Crippen molar-refractivity contribution in [1.82, 2.24) is 0 Å². The van der Waals surface area contributed by atoms with Crippen LogP contribution in [0.25, 0.3) is 0 Å². The number of hydrogen-bond donors (Lipinski definition) is 2. The van der Waals surface area contributed by atoms with Crippen molar-refractivity contribution in [3.05, 3.63) is 24.0 Å². The fraction of sp³-hybridized carbons (Fsp3) is 0.500. The van der Waals surface area contributed by atoms with E-state index >= 15 is 0 Å². The maximum absolute atomic E-state index is 14.1. The van der Waals surface area contributed by atoms with Crippen LogP contribution in [0.3, 0.4) is 0 Å². The van der Waals surface area contributed by atoms with Gasteiger partial charge in [0.05, 0.1) is 12.8 Å². The summed E-state index contributed by atoms with van der Waals surface area (Å²) >= 11 is 0. The highest BCUT2D eigenvalue weighted by Gasteiger charge is 2.28. The quantitative estimate of drug-likeness (QED) is 0.828. The number of amides is 1. The molecule has 6 nitrogen and oxygen atoms in total. The van der Waals surface area contributed by atoms with E-state index in [-0.39, 0.29) is 5.69 Å². The molecule has 0 aliphatic carbocycles. The Morgan fingerprint density at radius 2 is 1.74 bits per heavy atom. The summed E-state index contributed by atoms with van der Waals surface area (Å²) in [5.74, 6) is -1.13. The lowest BCUT2D eigenvalue weighted by Crippen LogP contribution is -2.41. The summed E-state index contributed by atoms with van der Waals surface area (Å²) in [4.78, 5) is 23.3. The Balaban J connectivity index is 2.83. The van der Waals surface area contributed by atoms with Gasteiger partial charge in [-0.2, -0.15) is 0 Å². The van der Waals surface area contributed by atoms with Gasteiger partial charge in [0.1, 0.15) is 17.0 Å². The molecule has 0 aromatic heterocycles. The number of hydrogen-bond acceptors (Lipinski definition) is 5. The Kier molecular flexibility index (Phi) is 5.58. The summed E-state index contributed by atoms with van der Waals surface area (Å²) in [6.07, 6.45) is -0.744. The van der Waals surface area contributed by atoms with Crippen molar-refractivity contribution in [3.8, 4) is 0 Å². The van der Waals surface area contributed by atoms with E-state index in [9.17, 15) is 14.0 Å². The number of esters is 1. The SMILES string of the molecule is COC(=O)C(C)(C)Nc1ccc(NC(=O)OC(C)(C)C)c(F)c1. The van der Waals surface area contributed by atoms with E-state index in [0.29, 0.717) is 5.69 Å². The van der Waals surface area contributed by atoms with Crippen molar-refractivity contribution in [1.29, 1.82) is 0 Å². The second-order valence-electron chi connectivity index (χ2n) is 6.56. The first-order valence-electron chi connectivity index (χ1n) is 7.11. The lowest BCUT2D eigenvalue weighted by atomic mass is 10.1. The van der Waals surface area contributed by atoms with Gasteiger partial charge in [-0.1, -0.05) is 0 Å². The van der Waals surface area contributed by atoms with E-state index in [0.717, 1.165) is 0 Å². The Labute approximate surface area is 135 Å². The Morgan fingerprint density at radius 3 is 2.22 bits per heavy atom. The molecule has 2 N–H and O–H groups in total. The minimum atomic E-state index is -1.01. The number of methoxy groups -OCH3 is 1. The molecule has 0 aliphatic heterocycles. The van der Waals surface area contributed by atoms with E-state index in [1.807, 2.05) is 0 Å². The van der Waals surface area contributed by atoms with E-state index in [1.165, 1.54) is 19.2 Å². The first-order chi connectivity index (χ1) is 10.4. The maximum atomic E-state index is 14.1. The molecule has 1 aromatic rings. The van der Waals surface area contributed by atoms with Crippen LogP contribution in [0.2, 0.25) is 0 Å². The van der Waals surface area contributed by atoms with E-state index in [1.54, 1.807) is 40.7 Å². The average molecular weight is 326 g/mol. The Morgan fingerprint density at radius 1 is 1.13 bits per heavy atom. The molecule has 0 atom stereocenters. The van der Waals surface area contributed by atoms with Gasteiger partial charge in [0.25, 0.3) is 0 Å². The average Bonchev–Trinajstić information content (AvgIpc) is 2.38. The first kappa shape index (κ1) is 18.7. The molecule has 0 bridgehead atoms. The molecule has 0 unspecified atom stereocenters. The summed E-state index contributed by atoms with van der Waals surface area (Å²) < 4.78 is 23.8. The molecule has 0 heterocycles. The number of halogens is 1. The predicted molar refractivity (Wildman–Crippen MR) is 86.0 cm³/mol. The van der Waals surface area contributed by atoms with Crippen molar-refractivity contribution in [2.75, 3.05) is 17.7 Å². The van der Waals surface area contributed by atoms with Gasteiger partial charge in [0.2, 0.25) is 0 Å². The van der Waals surface area contributed by atoms with Gasteiger partial charge in [-0.3, -0.25) is 5.32 Å². The number of benzene rings is 1. The number of anilines is 2. The molecule has 7 heteroatoms. The number of carbonyl (C=O) groups is 2. The van der Waals surface area contributed by atoms with Gasteiger partial charge < -0.3 is 14.8 Å². The second-order valence-corrected chi connectivity index (χ2v) is 6.56. The maximum Gasteiger partial charge on any atom is 0.412 e. The van der Waals surface area contributed by atoms with Gasteiger partial charge in [0, 0.05) is 5.69 Å². The minimum absolute atomic E-state index is 0.0133. The van der Waals surface area contributed by atoms with Crippen LogP contribution in [0.15, 0.2) is 18.2 Å². The third-order valence-electron chi connectivity index (χ3n) is 2.76. The summed E-state index contributed by atoms with van der Waals surface area (Å²) in [6, 6.07) is 4.10. The van der Waals surface area contributed by atoms with Crippen molar-refractivity contribution in [2.24, 2.45) is 0 Å². The molecule has 1 amide bonds. The van der Waals surface area contributed by atoms with Crippen LogP contribution in [-0.2, 0) is 14.3 Å². The third kappa shape index (κ3) is 5.77. The highest BCUT2D eigenvalue weighted by Crippen LogP contribution is 2.23. The molecule has 0 saturated heterocycles. The van der Waals surface area contributed by atoms with Crippen LogP contribution in [0, 0.1) is 5.82 Å². The highest BCUT2D eigenvalue weighted by atomic mass is 19.1. The van der Waals surface area contributed by atoms with Crippen LogP contribution in [0.1, 0.15) is 34.6 Å². The van der Waals surface area contributed by atoms with Crippen LogP contribution in [-0.4, -0.2) is 30.3 Å². The van der Waals surface area contributed by atoms with E-state index < -0.39 is 29.0 Å². The van der Waals surface area contributed by atoms with Crippen LogP contribution < -0.4 is 10.6 Å². The monoisotopic (exact) mass is 326 g/mol. The second kappa shape index (κ2) is 6.85. The minimum Gasteiger partial charge on any atom is -0.467 e. The first-order valence-corrected chi connectivity index (χ1v) is 7.11. The molecule has 0 saturated carbocycles. The van der Waals surface area contributed by atoms with Gasteiger partial charge >= 0.3 is 12.1 Å². The van der Waals surface area contributed by atoms with Gasteiger partial charge in [-0.15, -0.1) is 0 Å². The van der Waals surface area contributed by atoms with Crippen molar-refractivity contribution in [3.63, 3.8) is 0 Å². The molecular weight excluding hydrogens is 303 g/mol. The smallest absolute Gasteiger partial charge is 0.412 e. The van der Waals surface area contributed by atoms with Crippen LogP contribution in [0.5, 0.6) is 0 Å². The third-order valence-corrected chi connectivity index (χ3v) is 2.76. The largest absolute Gasteiger partial charge is 0.467 e. The standard InChI is InChI=1S/C16H23FN2O4/c1-15(2,3)23-14(21)18-12-8-7-10(9-11(12)17)19-16(4,5)13(20)22-6/h7-9,19H,1-6H3,(H,18,21). The highest BCUT2D eigenvalue weighted by molar-refractivity contribution is 5.86. The van der Waals surface area contributed by atoms with Crippen LogP contribution in [0.4, 0.5) is 20.6 Å².